The van der Waals surface area contributed by atoms with E-state index in [1.807, 2.05) is 0 Å². The summed E-state index contributed by atoms with van der Waals surface area (Å²) < 4.78 is 68.9. The van der Waals surface area contributed by atoms with Gasteiger partial charge in [0.25, 0.3) is 10.0 Å². The largest absolute Gasteiger partial charge is 0.449 e. The maximum absolute atomic E-state index is 12.8. The predicted molar refractivity (Wildman–Crippen MR) is 78.9 cm³/mol. The van der Waals surface area contributed by atoms with Crippen molar-refractivity contribution in [3.8, 4) is 10.6 Å². The third kappa shape index (κ3) is 3.87. The Morgan fingerprint density at radius 3 is 2.62 bits per heavy atom. The molecule has 0 aliphatic heterocycles. The molecule has 0 radical (unpaired) electrons. The van der Waals surface area contributed by atoms with Crippen LogP contribution < -0.4 is 4.72 Å². The summed E-state index contributed by atoms with van der Waals surface area (Å²) in [7, 11) is -3.02. The number of nitrogens with zero attached hydrogens (tertiary/aromatic N) is 2. The van der Waals surface area contributed by atoms with E-state index < -0.39 is 28.0 Å². The summed E-state index contributed by atoms with van der Waals surface area (Å²) in [6.07, 6.45) is -5.71. The van der Waals surface area contributed by atoms with Crippen molar-refractivity contribution in [1.82, 2.24) is 14.5 Å². The van der Waals surface area contributed by atoms with Gasteiger partial charge in [-0.1, -0.05) is 0 Å². The molecule has 1 N–H and O–H groups in total. The Balaban J connectivity index is 2.30. The van der Waals surface area contributed by atoms with E-state index in [0.717, 1.165) is 13.1 Å². The Kier molecular flexibility index (Phi) is 4.90. The molecule has 0 aliphatic carbocycles. The molecule has 0 aliphatic rings. The highest BCUT2D eigenvalue weighted by molar-refractivity contribution is 7.92. The highest BCUT2D eigenvalue weighted by Gasteiger charge is 2.35. The molecule has 2 heterocycles. The number of aryl methyl sites for hydroxylation is 1. The van der Waals surface area contributed by atoms with Gasteiger partial charge < -0.3 is 4.74 Å². The molecule has 0 aromatic carbocycles. The lowest BCUT2D eigenvalue weighted by Gasteiger charge is -2.04. The Bertz CT molecular complexity index is 855. The van der Waals surface area contributed by atoms with Crippen LogP contribution in [0.1, 0.15) is 12.6 Å². The first-order valence-electron chi connectivity index (χ1n) is 6.45. The summed E-state index contributed by atoms with van der Waals surface area (Å²) in [5, 5.41) is 3.73. The van der Waals surface area contributed by atoms with Crippen LogP contribution in [-0.4, -0.2) is 30.9 Å². The highest BCUT2D eigenvalue weighted by atomic mass is 32.2. The third-order valence-electron chi connectivity index (χ3n) is 2.76. The Labute approximate surface area is 139 Å². The number of thiophene rings is 1. The number of carbonyl (C=O) groups is 1. The second-order valence-electron chi connectivity index (χ2n) is 4.48. The van der Waals surface area contributed by atoms with Crippen LogP contribution in [0.4, 0.5) is 18.0 Å². The average Bonchev–Trinajstić information content (AvgIpc) is 3.03. The smallest absolute Gasteiger partial charge is 0.433 e. The number of nitrogens with one attached hydrogen (secondary N) is 1. The lowest BCUT2D eigenvalue weighted by molar-refractivity contribution is -0.143. The van der Waals surface area contributed by atoms with Gasteiger partial charge in [-0.25, -0.2) is 17.9 Å². The predicted octanol–water partition coefficient (Wildman–Crippen LogP) is 2.60. The average molecular weight is 383 g/mol. The van der Waals surface area contributed by atoms with Gasteiger partial charge in [0.1, 0.15) is 15.6 Å². The van der Waals surface area contributed by atoms with Crippen LogP contribution in [-0.2, 0) is 28.0 Å². The van der Waals surface area contributed by atoms with Crippen molar-refractivity contribution in [1.29, 1.82) is 0 Å². The van der Waals surface area contributed by atoms with E-state index in [0.29, 0.717) is 16.0 Å². The van der Waals surface area contributed by atoms with Crippen LogP contribution in [0.3, 0.4) is 0 Å². The minimum Gasteiger partial charge on any atom is -0.449 e. The maximum Gasteiger partial charge on any atom is 0.433 e. The zero-order chi connectivity index (χ0) is 18.1. The number of halogens is 3. The van der Waals surface area contributed by atoms with Crippen molar-refractivity contribution in [3.63, 3.8) is 0 Å². The number of hydrogen-bond acceptors (Lipinski definition) is 6. The fourth-order valence-electron chi connectivity index (χ4n) is 1.78. The normalized spacial score (nSPS) is 12.2. The van der Waals surface area contributed by atoms with Crippen molar-refractivity contribution in [3.05, 3.63) is 23.9 Å². The molecular formula is C12H12F3N3O4S2. The molecule has 2 aromatic rings. The van der Waals surface area contributed by atoms with Gasteiger partial charge in [0.15, 0.2) is 0 Å². The van der Waals surface area contributed by atoms with E-state index in [1.54, 1.807) is 4.72 Å². The topological polar surface area (TPSA) is 90.3 Å². The van der Waals surface area contributed by atoms with Crippen LogP contribution in [0, 0.1) is 0 Å². The SMILES string of the molecule is CCOC(=O)NS(=O)(=O)c1ccc(-c2cc(C(F)(F)F)n(C)n2)s1. The number of sulfonamides is 1. The maximum atomic E-state index is 12.8. The number of alkyl halides is 3. The minimum atomic E-state index is -4.57. The molecule has 24 heavy (non-hydrogen) atoms. The highest BCUT2D eigenvalue weighted by Crippen LogP contribution is 2.35. The second-order valence-corrected chi connectivity index (χ2v) is 7.47. The zero-order valence-corrected chi connectivity index (χ0v) is 14.0. The van der Waals surface area contributed by atoms with Gasteiger partial charge in [-0.3, -0.25) is 4.68 Å². The van der Waals surface area contributed by atoms with Gasteiger partial charge >= 0.3 is 12.3 Å². The molecule has 0 saturated carbocycles. The van der Waals surface area contributed by atoms with Crippen LogP contribution in [0.2, 0.25) is 0 Å². The molecule has 0 atom stereocenters. The molecular weight excluding hydrogens is 371 g/mol. The van der Waals surface area contributed by atoms with Gasteiger partial charge in [0.05, 0.1) is 11.5 Å². The summed E-state index contributed by atoms with van der Waals surface area (Å²) in [5.41, 5.74) is -0.979. The molecule has 0 bridgehead atoms. The minimum absolute atomic E-state index is 0.00873. The van der Waals surface area contributed by atoms with Gasteiger partial charge in [-0.15, -0.1) is 11.3 Å². The van der Waals surface area contributed by atoms with Crippen LogP contribution in [0.15, 0.2) is 22.4 Å². The molecule has 12 heteroatoms. The fraction of sp³-hybridized carbons (Fsp3) is 0.333. The summed E-state index contributed by atoms with van der Waals surface area (Å²) in [5.74, 6) is 0. The number of rotatable bonds is 4. The number of amides is 1. The number of ether oxygens (including phenoxy) is 1. The Morgan fingerprint density at radius 2 is 2.08 bits per heavy atom. The number of hydrogen-bond donors (Lipinski definition) is 1. The van der Waals surface area contributed by atoms with Gasteiger partial charge in [-0.05, 0) is 25.1 Å². The Morgan fingerprint density at radius 1 is 1.42 bits per heavy atom. The molecule has 7 nitrogen and oxygen atoms in total. The lowest BCUT2D eigenvalue weighted by Crippen LogP contribution is -2.30. The van der Waals surface area contributed by atoms with E-state index in [-0.39, 0.29) is 21.4 Å². The quantitative estimate of drug-likeness (QED) is 0.877. The van der Waals surface area contributed by atoms with Gasteiger partial charge in [0.2, 0.25) is 0 Å². The molecule has 0 saturated heterocycles. The van der Waals surface area contributed by atoms with E-state index in [9.17, 15) is 26.4 Å². The summed E-state index contributed by atoms with van der Waals surface area (Å²) >= 11 is 0.684. The van der Waals surface area contributed by atoms with Crippen molar-refractivity contribution >= 4 is 27.5 Å². The standard InChI is InChI=1S/C12H12F3N3O4S2/c1-3-22-11(19)17-24(20,21)10-5-4-8(23-10)7-6-9(12(13,14)15)18(2)16-7/h4-6H,3H2,1-2H3,(H,17,19). The first-order valence-corrected chi connectivity index (χ1v) is 8.75. The first-order chi connectivity index (χ1) is 11.0. The van der Waals surface area contributed by atoms with E-state index in [1.165, 1.54) is 19.1 Å². The third-order valence-corrected chi connectivity index (χ3v) is 5.67. The van der Waals surface area contributed by atoms with Crippen molar-refractivity contribution in [2.45, 2.75) is 17.3 Å². The Hall–Kier alpha value is -2.08. The van der Waals surface area contributed by atoms with Crippen LogP contribution in [0.5, 0.6) is 0 Å². The monoisotopic (exact) mass is 383 g/mol. The molecule has 2 rings (SSSR count). The zero-order valence-electron chi connectivity index (χ0n) is 12.4. The van der Waals surface area contributed by atoms with Crippen molar-refractivity contribution in [2.24, 2.45) is 7.05 Å². The number of carbonyl (C=O) groups excluding carboxylic acids is 1. The molecule has 0 unspecified atom stereocenters. The molecule has 132 valence electrons. The van der Waals surface area contributed by atoms with E-state index >= 15 is 0 Å². The van der Waals surface area contributed by atoms with Gasteiger partial charge in [0, 0.05) is 7.05 Å². The van der Waals surface area contributed by atoms with Crippen molar-refractivity contribution in [2.75, 3.05) is 6.61 Å². The number of aromatic nitrogens is 2. The summed E-state index contributed by atoms with van der Waals surface area (Å²) in [6.45, 7) is 1.50. The van der Waals surface area contributed by atoms with E-state index in [4.69, 9.17) is 0 Å². The van der Waals surface area contributed by atoms with Crippen LogP contribution >= 0.6 is 11.3 Å². The second kappa shape index (κ2) is 6.43. The molecule has 0 spiro atoms. The van der Waals surface area contributed by atoms with Crippen LogP contribution in [0.25, 0.3) is 10.6 Å². The van der Waals surface area contributed by atoms with Gasteiger partial charge in [-0.2, -0.15) is 18.3 Å². The first kappa shape index (κ1) is 18.3. The molecule has 1 amide bonds. The summed E-state index contributed by atoms with van der Waals surface area (Å²) in [4.78, 5) is 11.4. The molecule has 0 fully saturated rings. The lowest BCUT2D eigenvalue weighted by atomic mass is 10.3. The van der Waals surface area contributed by atoms with E-state index in [2.05, 4.69) is 9.84 Å². The summed E-state index contributed by atoms with van der Waals surface area (Å²) in [6, 6.07) is 3.30. The fourth-order valence-corrected chi connectivity index (χ4v) is 3.93. The van der Waals surface area contributed by atoms with Crippen molar-refractivity contribution < 1.29 is 31.1 Å². The molecule has 2 aromatic heterocycles.